The minimum atomic E-state index is -0.164. The van der Waals surface area contributed by atoms with E-state index in [-0.39, 0.29) is 18.6 Å². The van der Waals surface area contributed by atoms with Gasteiger partial charge in [0, 0.05) is 11.2 Å². The summed E-state index contributed by atoms with van der Waals surface area (Å²) in [7, 11) is 0. The number of halogens is 1. The summed E-state index contributed by atoms with van der Waals surface area (Å²) in [6, 6.07) is 24.5. The molecule has 0 fully saturated rings. The Morgan fingerprint density at radius 2 is 1.82 bits per heavy atom. The first-order valence-electron chi connectivity index (χ1n) is 8.97. The van der Waals surface area contributed by atoms with Gasteiger partial charge in [0.2, 0.25) is 0 Å². The lowest BCUT2D eigenvalue weighted by Crippen LogP contribution is -2.31. The molecule has 142 valence electrons. The van der Waals surface area contributed by atoms with Gasteiger partial charge in [-0.05, 0) is 60.5 Å². The summed E-state index contributed by atoms with van der Waals surface area (Å²) in [5.41, 5.74) is 2.77. The fraction of sp³-hybridized carbons (Fsp3) is 0.130. The highest BCUT2D eigenvalue weighted by Gasteiger charge is 2.09. The number of aliphatic imine (C=N–C) groups is 1. The van der Waals surface area contributed by atoms with Crippen LogP contribution < -0.4 is 10.1 Å². The predicted octanol–water partition coefficient (Wildman–Crippen LogP) is 5.35. The van der Waals surface area contributed by atoms with Crippen molar-refractivity contribution in [3.63, 3.8) is 0 Å². The monoisotopic (exact) mass is 392 g/mol. The van der Waals surface area contributed by atoms with Crippen molar-refractivity contribution in [2.45, 2.75) is 13.0 Å². The molecule has 0 heterocycles. The molecule has 0 aliphatic carbocycles. The van der Waals surface area contributed by atoms with Crippen LogP contribution in [0.2, 0.25) is 5.02 Å². The average Bonchev–Trinajstić information content (AvgIpc) is 2.72. The van der Waals surface area contributed by atoms with Crippen LogP contribution in [0.4, 0.5) is 5.69 Å². The molecular formula is C23H21ClN2O2. The summed E-state index contributed by atoms with van der Waals surface area (Å²) in [6.07, 6.45) is 1.75. The van der Waals surface area contributed by atoms with Crippen molar-refractivity contribution in [2.75, 3.05) is 6.61 Å². The molecule has 3 aromatic carbocycles. The lowest BCUT2D eigenvalue weighted by molar-refractivity contribution is -0.123. The van der Waals surface area contributed by atoms with Crippen LogP contribution in [-0.4, -0.2) is 18.7 Å². The fourth-order valence-corrected chi connectivity index (χ4v) is 2.80. The predicted molar refractivity (Wildman–Crippen MR) is 114 cm³/mol. The molecule has 5 heteroatoms. The van der Waals surface area contributed by atoms with Crippen molar-refractivity contribution in [2.24, 2.45) is 4.99 Å². The zero-order valence-corrected chi connectivity index (χ0v) is 16.3. The number of hydrogen-bond acceptors (Lipinski definition) is 3. The van der Waals surface area contributed by atoms with E-state index in [0.717, 1.165) is 16.8 Å². The lowest BCUT2D eigenvalue weighted by atomic mass is 10.1. The molecule has 0 unspecified atom stereocenters. The molecule has 1 N–H and O–H groups in total. The molecule has 0 bridgehead atoms. The normalized spacial score (nSPS) is 11.9. The van der Waals surface area contributed by atoms with E-state index in [1.165, 1.54) is 0 Å². The van der Waals surface area contributed by atoms with Crippen molar-refractivity contribution >= 4 is 29.4 Å². The van der Waals surface area contributed by atoms with Gasteiger partial charge in [0.05, 0.1) is 11.7 Å². The van der Waals surface area contributed by atoms with Crippen molar-refractivity contribution < 1.29 is 9.53 Å². The van der Waals surface area contributed by atoms with Crippen LogP contribution >= 0.6 is 11.6 Å². The number of nitrogens with one attached hydrogen (secondary N) is 1. The summed E-state index contributed by atoms with van der Waals surface area (Å²) < 4.78 is 5.56. The number of hydrogen-bond donors (Lipinski definition) is 1. The Balaban J connectivity index is 1.49. The highest BCUT2D eigenvalue weighted by Crippen LogP contribution is 2.18. The Labute approximate surface area is 169 Å². The molecule has 0 aliphatic heterocycles. The van der Waals surface area contributed by atoms with E-state index in [9.17, 15) is 4.79 Å². The van der Waals surface area contributed by atoms with Gasteiger partial charge in [-0.3, -0.25) is 9.79 Å². The van der Waals surface area contributed by atoms with Gasteiger partial charge in [-0.1, -0.05) is 48.0 Å². The number of ether oxygens (including phenoxy) is 1. The Morgan fingerprint density at radius 3 is 2.54 bits per heavy atom. The highest BCUT2D eigenvalue weighted by atomic mass is 35.5. The summed E-state index contributed by atoms with van der Waals surface area (Å²) in [5, 5.41) is 3.58. The van der Waals surface area contributed by atoms with Crippen LogP contribution in [0.5, 0.6) is 5.75 Å². The molecule has 0 saturated heterocycles. The molecule has 0 aromatic heterocycles. The van der Waals surface area contributed by atoms with Gasteiger partial charge in [0.15, 0.2) is 6.61 Å². The fourth-order valence-electron chi connectivity index (χ4n) is 2.61. The van der Waals surface area contributed by atoms with E-state index in [1.54, 1.807) is 12.3 Å². The van der Waals surface area contributed by atoms with Gasteiger partial charge < -0.3 is 10.1 Å². The maximum Gasteiger partial charge on any atom is 0.258 e. The lowest BCUT2D eigenvalue weighted by Gasteiger charge is -2.14. The molecule has 1 atom stereocenters. The molecular weight excluding hydrogens is 372 g/mol. The molecule has 28 heavy (non-hydrogen) atoms. The highest BCUT2D eigenvalue weighted by molar-refractivity contribution is 6.30. The number of amides is 1. The van der Waals surface area contributed by atoms with E-state index in [1.807, 2.05) is 79.7 Å². The number of carbonyl (C=O) groups is 1. The Kier molecular flexibility index (Phi) is 6.82. The van der Waals surface area contributed by atoms with E-state index in [0.29, 0.717) is 10.8 Å². The topological polar surface area (TPSA) is 50.7 Å². The standard InChI is InChI=1S/C23H21ClN2O2/c1-17(19-6-3-2-4-7-19)26-23(27)16-28-22-12-10-18(11-13-22)15-25-21-9-5-8-20(24)14-21/h2-15,17H,16H2,1H3,(H,26,27)/t17-/m0/s1. The molecule has 4 nitrogen and oxygen atoms in total. The quantitative estimate of drug-likeness (QED) is 0.551. The molecule has 1 amide bonds. The minimum absolute atomic E-state index is 0.0346. The Bertz CT molecular complexity index is 940. The van der Waals surface area contributed by atoms with Crippen LogP contribution in [0.1, 0.15) is 24.1 Å². The zero-order valence-electron chi connectivity index (χ0n) is 15.5. The van der Waals surface area contributed by atoms with Gasteiger partial charge in [0.1, 0.15) is 5.75 Å². The maximum atomic E-state index is 12.1. The molecule has 0 spiro atoms. The van der Waals surface area contributed by atoms with Gasteiger partial charge >= 0.3 is 0 Å². The second kappa shape index (κ2) is 9.72. The van der Waals surface area contributed by atoms with Gasteiger partial charge in [-0.15, -0.1) is 0 Å². The van der Waals surface area contributed by atoms with Gasteiger partial charge in [-0.25, -0.2) is 0 Å². The third-order valence-corrected chi connectivity index (χ3v) is 4.33. The van der Waals surface area contributed by atoms with E-state index >= 15 is 0 Å². The van der Waals surface area contributed by atoms with E-state index in [4.69, 9.17) is 16.3 Å². The number of benzene rings is 3. The molecule has 3 aromatic rings. The van der Waals surface area contributed by atoms with Crippen LogP contribution in [0.3, 0.4) is 0 Å². The Morgan fingerprint density at radius 1 is 1.07 bits per heavy atom. The second-order valence-corrected chi connectivity index (χ2v) is 6.73. The minimum Gasteiger partial charge on any atom is -0.484 e. The smallest absolute Gasteiger partial charge is 0.258 e. The van der Waals surface area contributed by atoms with Crippen molar-refractivity contribution in [1.29, 1.82) is 0 Å². The average molecular weight is 393 g/mol. The second-order valence-electron chi connectivity index (χ2n) is 6.30. The Hall–Kier alpha value is -3.11. The van der Waals surface area contributed by atoms with Crippen LogP contribution in [0.25, 0.3) is 0 Å². The summed E-state index contributed by atoms with van der Waals surface area (Å²) in [6.45, 7) is 1.91. The SMILES string of the molecule is C[C@H](NC(=O)COc1ccc(C=Nc2cccc(Cl)c2)cc1)c1ccccc1. The van der Waals surface area contributed by atoms with Gasteiger partial charge in [-0.2, -0.15) is 0 Å². The first-order valence-corrected chi connectivity index (χ1v) is 9.35. The molecule has 0 aliphatic rings. The number of nitrogens with zero attached hydrogens (tertiary/aromatic N) is 1. The third kappa shape index (κ3) is 5.96. The first-order chi connectivity index (χ1) is 13.6. The summed E-state index contributed by atoms with van der Waals surface area (Å²) >= 11 is 5.95. The van der Waals surface area contributed by atoms with Crippen LogP contribution in [-0.2, 0) is 4.79 Å². The van der Waals surface area contributed by atoms with Crippen molar-refractivity contribution in [1.82, 2.24) is 5.32 Å². The maximum absolute atomic E-state index is 12.1. The summed E-state index contributed by atoms with van der Waals surface area (Å²) in [4.78, 5) is 16.5. The number of carbonyl (C=O) groups excluding carboxylic acids is 1. The molecule has 0 radical (unpaired) electrons. The van der Waals surface area contributed by atoms with E-state index < -0.39 is 0 Å². The van der Waals surface area contributed by atoms with E-state index in [2.05, 4.69) is 10.3 Å². The first kappa shape index (κ1) is 19.6. The molecule has 3 rings (SSSR count). The van der Waals surface area contributed by atoms with Crippen molar-refractivity contribution in [3.8, 4) is 5.75 Å². The number of rotatable bonds is 7. The van der Waals surface area contributed by atoms with Crippen LogP contribution in [0, 0.1) is 0 Å². The largest absolute Gasteiger partial charge is 0.484 e. The van der Waals surface area contributed by atoms with Crippen molar-refractivity contribution in [3.05, 3.63) is 95.0 Å². The zero-order chi connectivity index (χ0) is 19.8. The van der Waals surface area contributed by atoms with Crippen LogP contribution in [0.15, 0.2) is 83.9 Å². The third-order valence-electron chi connectivity index (χ3n) is 4.10. The summed E-state index contributed by atoms with van der Waals surface area (Å²) in [5.74, 6) is 0.463. The van der Waals surface area contributed by atoms with Gasteiger partial charge in [0.25, 0.3) is 5.91 Å². The molecule has 0 saturated carbocycles.